The molecule has 0 aliphatic carbocycles. The Morgan fingerprint density at radius 1 is 1.33 bits per heavy atom. The smallest absolute Gasteiger partial charge is 0.277 e. The number of rotatable bonds is 4. The van der Waals surface area contributed by atoms with Gasteiger partial charge in [-0.1, -0.05) is 0 Å². The van der Waals surface area contributed by atoms with Crippen molar-refractivity contribution in [2.45, 2.75) is 20.8 Å². The molecule has 5 nitrogen and oxygen atoms in total. The van der Waals surface area contributed by atoms with Crippen LogP contribution in [0.15, 0.2) is 28.9 Å². The van der Waals surface area contributed by atoms with Gasteiger partial charge >= 0.3 is 0 Å². The van der Waals surface area contributed by atoms with E-state index in [9.17, 15) is 9.90 Å². The minimum absolute atomic E-state index is 0.147. The first-order valence-corrected chi connectivity index (χ1v) is 7.11. The number of phenols is 1. The van der Waals surface area contributed by atoms with Crippen LogP contribution >= 0.6 is 0 Å². The van der Waals surface area contributed by atoms with E-state index in [0.717, 1.165) is 18.8 Å². The lowest BCUT2D eigenvalue weighted by Crippen LogP contribution is -2.25. The molecular formula is C16H21N3O2. The number of amidine groups is 1. The number of hydrogen-bond acceptors (Lipinski definition) is 4. The van der Waals surface area contributed by atoms with Gasteiger partial charge in [-0.25, -0.2) is 4.99 Å². The first kappa shape index (κ1) is 15.1. The zero-order valence-corrected chi connectivity index (χ0v) is 12.9. The normalized spacial score (nSPS) is 16.6. The van der Waals surface area contributed by atoms with Gasteiger partial charge in [-0.2, -0.15) is 0 Å². The fraction of sp³-hybridized carbons (Fsp3) is 0.375. The van der Waals surface area contributed by atoms with E-state index >= 15 is 0 Å². The average Bonchev–Trinajstić information content (AvgIpc) is 2.71. The summed E-state index contributed by atoms with van der Waals surface area (Å²) in [5, 5.41) is 10.0. The molecule has 0 saturated carbocycles. The average molecular weight is 287 g/mol. The number of anilines is 1. The summed E-state index contributed by atoms with van der Waals surface area (Å²) in [5.41, 5.74) is 1.97. The van der Waals surface area contributed by atoms with Crippen LogP contribution in [0.1, 0.15) is 26.3 Å². The highest BCUT2D eigenvalue weighted by molar-refractivity contribution is 6.13. The number of hydrogen-bond donors (Lipinski definition) is 1. The molecule has 0 radical (unpaired) electrons. The Morgan fingerprint density at radius 2 is 2.00 bits per heavy atom. The standard InChI is InChI=1S/C16H21N3O2/c1-5-19(6-2)13-7-8-15(20)12(9-13)10-14-16(21)18(4)11(3)17-14/h7-10,20H,5-6H2,1-4H3/b14-10-. The maximum absolute atomic E-state index is 12.0. The van der Waals surface area contributed by atoms with Gasteiger partial charge in [0, 0.05) is 31.4 Å². The van der Waals surface area contributed by atoms with Crippen LogP contribution in [0, 0.1) is 0 Å². The fourth-order valence-electron chi connectivity index (χ4n) is 2.30. The first-order chi connectivity index (χ1) is 9.97. The fourth-order valence-corrected chi connectivity index (χ4v) is 2.30. The number of benzene rings is 1. The molecule has 0 unspecified atom stereocenters. The van der Waals surface area contributed by atoms with E-state index in [1.807, 2.05) is 12.1 Å². The van der Waals surface area contributed by atoms with Crippen LogP contribution in [0.5, 0.6) is 5.75 Å². The van der Waals surface area contributed by atoms with Crippen LogP contribution in [0.4, 0.5) is 5.69 Å². The molecule has 21 heavy (non-hydrogen) atoms. The predicted octanol–water partition coefficient (Wildman–Crippen LogP) is 2.47. The third-order valence-electron chi connectivity index (χ3n) is 3.72. The second-order valence-electron chi connectivity index (χ2n) is 4.97. The highest BCUT2D eigenvalue weighted by Gasteiger charge is 2.24. The number of amides is 1. The maximum atomic E-state index is 12.0. The van der Waals surface area contributed by atoms with Crippen molar-refractivity contribution in [2.24, 2.45) is 4.99 Å². The molecule has 1 aromatic carbocycles. The van der Waals surface area contributed by atoms with Crippen molar-refractivity contribution in [2.75, 3.05) is 25.0 Å². The minimum Gasteiger partial charge on any atom is -0.507 e. The van der Waals surface area contributed by atoms with Crippen molar-refractivity contribution in [3.05, 3.63) is 29.5 Å². The Labute approximate surface area is 125 Å². The summed E-state index contributed by atoms with van der Waals surface area (Å²) in [4.78, 5) is 19.9. The zero-order chi connectivity index (χ0) is 15.6. The van der Waals surface area contributed by atoms with E-state index in [-0.39, 0.29) is 11.7 Å². The molecule has 0 fully saturated rings. The monoisotopic (exact) mass is 287 g/mol. The van der Waals surface area contributed by atoms with E-state index in [2.05, 4.69) is 23.7 Å². The number of aromatic hydroxyl groups is 1. The highest BCUT2D eigenvalue weighted by Crippen LogP contribution is 2.27. The largest absolute Gasteiger partial charge is 0.507 e. The zero-order valence-electron chi connectivity index (χ0n) is 12.9. The second kappa shape index (κ2) is 5.99. The minimum atomic E-state index is -0.153. The van der Waals surface area contributed by atoms with Crippen molar-refractivity contribution in [3.8, 4) is 5.75 Å². The molecule has 1 aliphatic heterocycles. The summed E-state index contributed by atoms with van der Waals surface area (Å²) < 4.78 is 0. The number of likely N-dealkylation sites (N-methyl/N-ethyl adjacent to an activating group) is 1. The quantitative estimate of drug-likeness (QED) is 0.866. The summed E-state index contributed by atoms with van der Waals surface area (Å²) in [6.45, 7) is 7.71. The molecule has 5 heteroatoms. The molecule has 0 saturated heterocycles. The van der Waals surface area contributed by atoms with Crippen molar-refractivity contribution >= 4 is 23.5 Å². The maximum Gasteiger partial charge on any atom is 0.277 e. The van der Waals surface area contributed by atoms with Gasteiger partial charge in [0.15, 0.2) is 0 Å². The van der Waals surface area contributed by atoms with Gasteiger partial charge in [-0.3, -0.25) is 9.69 Å². The van der Waals surface area contributed by atoms with Crippen molar-refractivity contribution in [1.82, 2.24) is 4.90 Å². The van der Waals surface area contributed by atoms with Gasteiger partial charge in [-0.15, -0.1) is 0 Å². The molecule has 1 N–H and O–H groups in total. The molecule has 1 heterocycles. The molecule has 1 aromatic rings. The van der Waals surface area contributed by atoms with Gasteiger partial charge in [-0.05, 0) is 45.0 Å². The Balaban J connectivity index is 2.41. The molecule has 2 rings (SSSR count). The van der Waals surface area contributed by atoms with Crippen LogP contribution in [-0.4, -0.2) is 41.9 Å². The van der Waals surface area contributed by atoms with Crippen molar-refractivity contribution < 1.29 is 9.90 Å². The SMILES string of the molecule is CCN(CC)c1ccc(O)c(/C=C2\N=C(C)N(C)C2=O)c1. The highest BCUT2D eigenvalue weighted by atomic mass is 16.3. The summed E-state index contributed by atoms with van der Waals surface area (Å²) >= 11 is 0. The first-order valence-electron chi connectivity index (χ1n) is 7.11. The summed E-state index contributed by atoms with van der Waals surface area (Å²) in [6, 6.07) is 5.41. The van der Waals surface area contributed by atoms with Crippen LogP contribution in [0.3, 0.4) is 0 Å². The number of carbonyl (C=O) groups excluding carboxylic acids is 1. The Kier molecular flexibility index (Phi) is 4.31. The van der Waals surface area contributed by atoms with Gasteiger partial charge in [0.2, 0.25) is 0 Å². The summed E-state index contributed by atoms with van der Waals surface area (Å²) in [6.07, 6.45) is 1.64. The third kappa shape index (κ3) is 2.91. The number of aliphatic imine (C=N–C) groups is 1. The lowest BCUT2D eigenvalue weighted by Gasteiger charge is -2.21. The predicted molar refractivity (Wildman–Crippen MR) is 85.5 cm³/mol. The van der Waals surface area contributed by atoms with Crippen LogP contribution in [0.2, 0.25) is 0 Å². The lowest BCUT2D eigenvalue weighted by molar-refractivity contribution is -0.121. The molecule has 0 spiro atoms. The summed E-state index contributed by atoms with van der Waals surface area (Å²) in [5.74, 6) is 0.652. The Morgan fingerprint density at radius 3 is 2.52 bits per heavy atom. The van der Waals surface area contributed by atoms with Crippen LogP contribution in [0.25, 0.3) is 6.08 Å². The van der Waals surface area contributed by atoms with E-state index in [1.165, 1.54) is 4.90 Å². The van der Waals surface area contributed by atoms with Crippen molar-refractivity contribution in [1.29, 1.82) is 0 Å². The van der Waals surface area contributed by atoms with E-state index in [1.54, 1.807) is 26.1 Å². The van der Waals surface area contributed by atoms with Crippen molar-refractivity contribution in [3.63, 3.8) is 0 Å². The molecule has 1 amide bonds. The van der Waals surface area contributed by atoms with Gasteiger partial charge in [0.05, 0.1) is 0 Å². The van der Waals surface area contributed by atoms with E-state index in [4.69, 9.17) is 0 Å². The summed E-state index contributed by atoms with van der Waals surface area (Å²) in [7, 11) is 1.69. The Hall–Kier alpha value is -2.30. The molecule has 0 aromatic heterocycles. The van der Waals surface area contributed by atoms with Gasteiger partial charge in [0.25, 0.3) is 5.91 Å². The van der Waals surface area contributed by atoms with Crippen LogP contribution in [-0.2, 0) is 4.79 Å². The molecular weight excluding hydrogens is 266 g/mol. The number of phenolic OH excluding ortho intramolecular Hbond substituents is 1. The van der Waals surface area contributed by atoms with E-state index < -0.39 is 0 Å². The molecule has 1 aliphatic rings. The second-order valence-corrected chi connectivity index (χ2v) is 4.97. The topological polar surface area (TPSA) is 56.1 Å². The number of nitrogens with zero attached hydrogens (tertiary/aromatic N) is 3. The third-order valence-corrected chi connectivity index (χ3v) is 3.72. The number of carbonyl (C=O) groups is 1. The van der Waals surface area contributed by atoms with Gasteiger partial charge in [0.1, 0.15) is 17.3 Å². The molecule has 0 bridgehead atoms. The van der Waals surface area contributed by atoms with E-state index in [0.29, 0.717) is 17.1 Å². The molecule has 0 atom stereocenters. The lowest BCUT2D eigenvalue weighted by atomic mass is 10.1. The molecule has 112 valence electrons. The van der Waals surface area contributed by atoms with Gasteiger partial charge < -0.3 is 10.0 Å². The van der Waals surface area contributed by atoms with Crippen LogP contribution < -0.4 is 4.90 Å². The Bertz CT molecular complexity index is 616.